The van der Waals surface area contributed by atoms with Crippen molar-refractivity contribution in [3.05, 3.63) is 138 Å². The van der Waals surface area contributed by atoms with Gasteiger partial charge in [-0.25, -0.2) is 0 Å². The average Bonchev–Trinajstić information content (AvgIpc) is 3.22. The predicted octanol–water partition coefficient (Wildman–Crippen LogP) is 10.2. The Labute approximate surface area is 233 Å². The Kier molecular flexibility index (Phi) is 4.67. The van der Waals surface area contributed by atoms with Crippen LogP contribution in [-0.4, -0.2) is 0 Å². The first-order chi connectivity index (χ1) is 19.5. The summed E-state index contributed by atoms with van der Waals surface area (Å²) >= 11 is 0. The van der Waals surface area contributed by atoms with Gasteiger partial charge in [0.2, 0.25) is 0 Å². The summed E-state index contributed by atoms with van der Waals surface area (Å²) in [6.07, 6.45) is 0. The summed E-state index contributed by atoms with van der Waals surface area (Å²) in [7, 11) is 0. The molecule has 0 fully saturated rings. The molecule has 0 saturated heterocycles. The highest BCUT2D eigenvalue weighted by Gasteiger charge is 2.35. The van der Waals surface area contributed by atoms with E-state index in [0.29, 0.717) is 5.56 Å². The van der Waals surface area contributed by atoms with Crippen LogP contribution in [0.2, 0.25) is 0 Å². The Morgan fingerprint density at radius 1 is 0.525 bits per heavy atom. The van der Waals surface area contributed by atoms with Gasteiger partial charge in [-0.1, -0.05) is 86.6 Å². The minimum atomic E-state index is -0.0916. The topological polar surface area (TPSA) is 27.0 Å². The Morgan fingerprint density at radius 2 is 1.12 bits per heavy atom. The molecule has 0 amide bonds. The van der Waals surface area contributed by atoms with Gasteiger partial charge in [0.15, 0.2) is 0 Å². The van der Waals surface area contributed by atoms with Gasteiger partial charge in [0, 0.05) is 22.5 Å². The number of nitrogens with zero attached hydrogens (tertiary/aromatic N) is 2. The average molecular weight is 511 g/mol. The van der Waals surface area contributed by atoms with Gasteiger partial charge in [0.25, 0.3) is 0 Å². The van der Waals surface area contributed by atoms with E-state index in [9.17, 15) is 5.26 Å². The van der Waals surface area contributed by atoms with E-state index in [1.807, 2.05) is 12.1 Å². The molecule has 0 heterocycles. The summed E-state index contributed by atoms with van der Waals surface area (Å²) in [6.45, 7) is 4.64. The van der Waals surface area contributed by atoms with Crippen LogP contribution in [0, 0.1) is 11.3 Å². The zero-order valence-electron chi connectivity index (χ0n) is 22.4. The molecule has 0 aromatic heterocycles. The fourth-order valence-corrected chi connectivity index (χ4v) is 6.83. The quantitative estimate of drug-likeness (QED) is 0.221. The van der Waals surface area contributed by atoms with E-state index in [1.165, 1.54) is 54.6 Å². The van der Waals surface area contributed by atoms with Gasteiger partial charge >= 0.3 is 0 Å². The summed E-state index contributed by atoms with van der Waals surface area (Å²) in [5.74, 6) is 0. The standard InChI is InChI=1S/C38H26N2/c1-38(2)34-9-4-3-8-32(34)33-19-18-30(22-35(33)38)40(29-16-10-24(23-39)11-17-29)31-20-27-14-12-25-6-5-7-26-13-15-28(21-31)37(27)36(25)26/h3-22H,1-2H3. The van der Waals surface area contributed by atoms with Crippen LogP contribution in [0.5, 0.6) is 0 Å². The molecule has 0 spiro atoms. The molecule has 2 heteroatoms. The molecule has 0 aliphatic heterocycles. The van der Waals surface area contributed by atoms with Crippen LogP contribution in [0.1, 0.15) is 30.5 Å². The molecule has 0 saturated carbocycles. The van der Waals surface area contributed by atoms with E-state index in [0.717, 1.165) is 17.1 Å². The van der Waals surface area contributed by atoms with Crippen molar-refractivity contribution in [2.24, 2.45) is 0 Å². The van der Waals surface area contributed by atoms with Crippen molar-refractivity contribution in [3.8, 4) is 17.2 Å². The third-order valence-corrected chi connectivity index (χ3v) is 8.79. The third-order valence-electron chi connectivity index (χ3n) is 8.79. The lowest BCUT2D eigenvalue weighted by atomic mass is 9.82. The second-order valence-corrected chi connectivity index (χ2v) is 11.4. The number of benzene rings is 7. The molecule has 7 aromatic rings. The van der Waals surface area contributed by atoms with Crippen LogP contribution in [0.4, 0.5) is 17.1 Å². The van der Waals surface area contributed by atoms with Crippen molar-refractivity contribution in [1.29, 1.82) is 5.26 Å². The zero-order chi connectivity index (χ0) is 27.0. The maximum atomic E-state index is 9.46. The molecular weight excluding hydrogens is 484 g/mol. The molecule has 40 heavy (non-hydrogen) atoms. The van der Waals surface area contributed by atoms with Crippen molar-refractivity contribution in [1.82, 2.24) is 0 Å². The highest BCUT2D eigenvalue weighted by atomic mass is 15.1. The summed E-state index contributed by atoms with van der Waals surface area (Å²) in [4.78, 5) is 2.33. The molecule has 0 atom stereocenters. The van der Waals surface area contributed by atoms with E-state index >= 15 is 0 Å². The lowest BCUT2D eigenvalue weighted by molar-refractivity contribution is 0.660. The number of rotatable bonds is 3. The van der Waals surface area contributed by atoms with Crippen LogP contribution in [0.3, 0.4) is 0 Å². The van der Waals surface area contributed by atoms with Crippen LogP contribution in [0.25, 0.3) is 43.4 Å². The minimum Gasteiger partial charge on any atom is -0.310 e. The molecule has 2 nitrogen and oxygen atoms in total. The third kappa shape index (κ3) is 3.15. The van der Waals surface area contributed by atoms with Gasteiger partial charge in [-0.2, -0.15) is 5.26 Å². The maximum Gasteiger partial charge on any atom is 0.0991 e. The lowest BCUT2D eigenvalue weighted by Crippen LogP contribution is -2.16. The summed E-state index contributed by atoms with van der Waals surface area (Å²) in [5, 5.41) is 17.1. The van der Waals surface area contributed by atoms with E-state index < -0.39 is 0 Å². The number of fused-ring (bicyclic) bond motifs is 3. The minimum absolute atomic E-state index is 0.0916. The second kappa shape index (κ2) is 8.18. The summed E-state index contributed by atoms with van der Waals surface area (Å²) in [6, 6.07) is 45.9. The van der Waals surface area contributed by atoms with Crippen molar-refractivity contribution >= 4 is 49.4 Å². The second-order valence-electron chi connectivity index (χ2n) is 11.4. The van der Waals surface area contributed by atoms with Gasteiger partial charge in [-0.3, -0.25) is 0 Å². The molecule has 0 radical (unpaired) electrons. The zero-order valence-corrected chi connectivity index (χ0v) is 22.4. The summed E-state index contributed by atoms with van der Waals surface area (Å²) < 4.78 is 0. The Hall–Kier alpha value is -5.13. The largest absolute Gasteiger partial charge is 0.310 e. The van der Waals surface area contributed by atoms with E-state index in [-0.39, 0.29) is 5.41 Å². The maximum absolute atomic E-state index is 9.46. The molecule has 0 unspecified atom stereocenters. The molecule has 1 aliphatic rings. The van der Waals surface area contributed by atoms with Crippen molar-refractivity contribution < 1.29 is 0 Å². The van der Waals surface area contributed by atoms with E-state index in [4.69, 9.17) is 0 Å². The monoisotopic (exact) mass is 510 g/mol. The fourth-order valence-electron chi connectivity index (χ4n) is 6.83. The van der Waals surface area contributed by atoms with Crippen LogP contribution < -0.4 is 4.90 Å². The Morgan fingerprint density at radius 3 is 1.82 bits per heavy atom. The SMILES string of the molecule is CC1(C)c2ccccc2-c2ccc(N(c3ccc(C#N)cc3)c3cc4ccc5cccc6ccc(c3)c4c56)cc21. The number of hydrogen-bond donors (Lipinski definition) is 0. The van der Waals surface area contributed by atoms with Gasteiger partial charge in [-0.05, 0) is 103 Å². The Balaban J connectivity index is 1.37. The first kappa shape index (κ1) is 22.8. The molecular formula is C38H26N2. The molecule has 0 bridgehead atoms. The number of anilines is 3. The van der Waals surface area contributed by atoms with Gasteiger partial charge in [0.05, 0.1) is 11.6 Å². The summed E-state index contributed by atoms with van der Waals surface area (Å²) in [5.41, 5.74) is 9.14. The Bertz CT molecular complexity index is 2080. The van der Waals surface area contributed by atoms with E-state index in [2.05, 4.69) is 134 Å². The smallest absolute Gasteiger partial charge is 0.0991 e. The van der Waals surface area contributed by atoms with Crippen LogP contribution in [-0.2, 0) is 5.41 Å². The van der Waals surface area contributed by atoms with Crippen molar-refractivity contribution in [3.63, 3.8) is 0 Å². The van der Waals surface area contributed by atoms with Gasteiger partial charge in [0.1, 0.15) is 0 Å². The first-order valence-corrected chi connectivity index (χ1v) is 13.8. The van der Waals surface area contributed by atoms with Crippen molar-refractivity contribution in [2.75, 3.05) is 4.90 Å². The predicted molar refractivity (Wildman–Crippen MR) is 167 cm³/mol. The number of hydrogen-bond acceptors (Lipinski definition) is 2. The van der Waals surface area contributed by atoms with Crippen LogP contribution >= 0.6 is 0 Å². The molecule has 188 valence electrons. The fraction of sp³-hybridized carbons (Fsp3) is 0.0789. The van der Waals surface area contributed by atoms with Crippen molar-refractivity contribution in [2.45, 2.75) is 19.3 Å². The highest BCUT2D eigenvalue weighted by Crippen LogP contribution is 2.51. The molecule has 1 aliphatic carbocycles. The van der Waals surface area contributed by atoms with Gasteiger partial charge < -0.3 is 4.90 Å². The van der Waals surface area contributed by atoms with Gasteiger partial charge in [-0.15, -0.1) is 0 Å². The molecule has 7 aromatic carbocycles. The first-order valence-electron chi connectivity index (χ1n) is 13.8. The normalized spacial score (nSPS) is 13.4. The highest BCUT2D eigenvalue weighted by molar-refractivity contribution is 6.23. The molecule has 0 N–H and O–H groups in total. The van der Waals surface area contributed by atoms with Crippen LogP contribution in [0.15, 0.2) is 121 Å². The van der Waals surface area contributed by atoms with E-state index in [1.54, 1.807) is 0 Å². The number of nitriles is 1. The lowest BCUT2D eigenvalue weighted by Gasteiger charge is -2.29. The molecule has 8 rings (SSSR count).